The second kappa shape index (κ2) is 10.2. The molecule has 0 aliphatic heterocycles. The summed E-state index contributed by atoms with van der Waals surface area (Å²) in [4.78, 5) is 16.3. The number of rotatable bonds is 8. The van der Waals surface area contributed by atoms with Crippen molar-refractivity contribution in [3.63, 3.8) is 0 Å². The highest BCUT2D eigenvalue weighted by Gasteiger charge is 2.05. The van der Waals surface area contributed by atoms with Crippen LogP contribution >= 0.6 is 0 Å². The smallest absolute Gasteiger partial charge is 0.246 e. The third kappa shape index (κ3) is 6.96. The van der Waals surface area contributed by atoms with Crippen LogP contribution in [-0.4, -0.2) is 35.2 Å². The molecule has 0 aliphatic rings. The van der Waals surface area contributed by atoms with Crippen molar-refractivity contribution < 1.29 is 4.79 Å². The average Bonchev–Trinajstić information content (AvgIpc) is 3.10. The van der Waals surface area contributed by atoms with Crippen molar-refractivity contribution in [1.82, 2.24) is 20.4 Å². The van der Waals surface area contributed by atoms with Gasteiger partial charge < -0.3 is 16.0 Å². The molecule has 1 heterocycles. The van der Waals surface area contributed by atoms with Crippen LogP contribution in [0.3, 0.4) is 0 Å². The number of aliphatic imine (C=N–C) groups is 1. The maximum absolute atomic E-state index is 12.1. The molecule has 0 saturated carbocycles. The van der Waals surface area contributed by atoms with Crippen molar-refractivity contribution in [2.24, 2.45) is 10.9 Å². The fourth-order valence-electron chi connectivity index (χ4n) is 2.39. The minimum atomic E-state index is -0.107. The lowest BCUT2D eigenvalue weighted by Crippen LogP contribution is -2.37. The van der Waals surface area contributed by atoms with Crippen molar-refractivity contribution in [2.45, 2.75) is 33.4 Å². The Hall–Kier alpha value is -2.83. The van der Waals surface area contributed by atoms with Gasteiger partial charge in [0.05, 0.1) is 0 Å². The standard InChI is InChI=1S/C19H28N6O/c1-15(2)8-10-21-19(20-3)22-13-16-6-4-7-17(12-16)24-18(26)14-25-11-5-9-23-25/h4-7,9,11-12,15H,8,10,13-14H2,1-3H3,(H,24,26)(H2,20,21,22). The van der Waals surface area contributed by atoms with Gasteiger partial charge in [-0.1, -0.05) is 26.0 Å². The average molecular weight is 356 g/mol. The van der Waals surface area contributed by atoms with Gasteiger partial charge in [-0.05, 0) is 36.1 Å². The van der Waals surface area contributed by atoms with E-state index in [2.05, 4.69) is 39.9 Å². The van der Waals surface area contributed by atoms with Crippen LogP contribution < -0.4 is 16.0 Å². The van der Waals surface area contributed by atoms with Crippen molar-refractivity contribution in [3.8, 4) is 0 Å². The fraction of sp³-hybridized carbons (Fsp3) is 0.421. The van der Waals surface area contributed by atoms with Crippen LogP contribution in [0.5, 0.6) is 0 Å². The van der Waals surface area contributed by atoms with E-state index in [1.54, 1.807) is 30.2 Å². The highest BCUT2D eigenvalue weighted by molar-refractivity contribution is 5.90. The van der Waals surface area contributed by atoms with Crippen molar-refractivity contribution >= 4 is 17.6 Å². The predicted molar refractivity (Wildman–Crippen MR) is 105 cm³/mol. The molecule has 7 heteroatoms. The first-order chi connectivity index (χ1) is 12.6. The Morgan fingerprint density at radius 2 is 2.12 bits per heavy atom. The predicted octanol–water partition coefficient (Wildman–Crippen LogP) is 2.23. The number of anilines is 1. The molecule has 2 aromatic rings. The summed E-state index contributed by atoms with van der Waals surface area (Å²) >= 11 is 0. The van der Waals surface area contributed by atoms with Crippen LogP contribution in [0.15, 0.2) is 47.7 Å². The number of carbonyl (C=O) groups is 1. The van der Waals surface area contributed by atoms with Crippen molar-refractivity contribution in [2.75, 3.05) is 18.9 Å². The molecule has 0 fully saturated rings. The summed E-state index contributed by atoms with van der Waals surface area (Å²) in [5, 5.41) is 13.5. The number of nitrogens with one attached hydrogen (secondary N) is 3. The van der Waals surface area contributed by atoms with Crippen molar-refractivity contribution in [3.05, 3.63) is 48.3 Å². The van der Waals surface area contributed by atoms with Gasteiger partial charge in [0.2, 0.25) is 5.91 Å². The highest BCUT2D eigenvalue weighted by atomic mass is 16.2. The molecule has 0 bridgehead atoms. The van der Waals surface area contributed by atoms with E-state index in [1.807, 2.05) is 24.3 Å². The number of nitrogens with zero attached hydrogens (tertiary/aromatic N) is 3. The van der Waals surface area contributed by atoms with E-state index in [0.717, 1.165) is 30.2 Å². The molecular weight excluding hydrogens is 328 g/mol. The van der Waals surface area contributed by atoms with Gasteiger partial charge in [-0.3, -0.25) is 14.5 Å². The normalized spacial score (nSPS) is 11.5. The van der Waals surface area contributed by atoms with Crippen LogP contribution in [0, 0.1) is 5.92 Å². The maximum Gasteiger partial charge on any atom is 0.246 e. The summed E-state index contributed by atoms with van der Waals surface area (Å²) in [6.07, 6.45) is 4.51. The monoisotopic (exact) mass is 356 g/mol. The maximum atomic E-state index is 12.1. The topological polar surface area (TPSA) is 83.3 Å². The molecule has 1 aromatic carbocycles. The zero-order chi connectivity index (χ0) is 18.8. The zero-order valence-electron chi connectivity index (χ0n) is 15.7. The number of hydrogen-bond donors (Lipinski definition) is 3. The summed E-state index contributed by atoms with van der Waals surface area (Å²) in [5.74, 6) is 1.33. The lowest BCUT2D eigenvalue weighted by Gasteiger charge is -2.13. The van der Waals surface area contributed by atoms with Gasteiger partial charge in [0, 0.05) is 38.2 Å². The van der Waals surface area contributed by atoms with Gasteiger partial charge >= 0.3 is 0 Å². The van der Waals surface area contributed by atoms with Gasteiger partial charge in [0.25, 0.3) is 0 Å². The molecule has 1 aromatic heterocycles. The van der Waals surface area contributed by atoms with Crippen LogP contribution in [0.4, 0.5) is 5.69 Å². The van der Waals surface area contributed by atoms with E-state index < -0.39 is 0 Å². The molecule has 2 rings (SSSR count). The largest absolute Gasteiger partial charge is 0.356 e. The van der Waals surface area contributed by atoms with Gasteiger partial charge in [0.15, 0.2) is 5.96 Å². The van der Waals surface area contributed by atoms with Crippen LogP contribution in [0.1, 0.15) is 25.8 Å². The summed E-state index contributed by atoms with van der Waals surface area (Å²) < 4.78 is 1.59. The molecule has 0 atom stereocenters. The fourth-order valence-corrected chi connectivity index (χ4v) is 2.39. The van der Waals surface area contributed by atoms with Gasteiger partial charge in [-0.2, -0.15) is 5.10 Å². The van der Waals surface area contributed by atoms with Gasteiger partial charge in [-0.25, -0.2) is 0 Å². The van der Waals surface area contributed by atoms with E-state index in [9.17, 15) is 4.79 Å². The summed E-state index contributed by atoms with van der Waals surface area (Å²) in [7, 11) is 1.76. The molecule has 3 N–H and O–H groups in total. The minimum Gasteiger partial charge on any atom is -0.356 e. The van der Waals surface area contributed by atoms with E-state index >= 15 is 0 Å². The molecule has 0 radical (unpaired) electrons. The minimum absolute atomic E-state index is 0.107. The summed E-state index contributed by atoms with van der Waals surface area (Å²) in [6.45, 7) is 6.11. The van der Waals surface area contributed by atoms with Gasteiger partial charge in [0.1, 0.15) is 6.54 Å². The van der Waals surface area contributed by atoms with E-state index in [1.165, 1.54) is 0 Å². The SMILES string of the molecule is CN=C(NCCC(C)C)NCc1cccc(NC(=O)Cn2cccn2)c1. The van der Waals surface area contributed by atoms with Gasteiger partial charge in [-0.15, -0.1) is 0 Å². The Bertz CT molecular complexity index is 709. The number of carbonyl (C=O) groups excluding carboxylic acids is 1. The lowest BCUT2D eigenvalue weighted by atomic mass is 10.1. The van der Waals surface area contributed by atoms with E-state index in [0.29, 0.717) is 12.5 Å². The Kier molecular flexibility index (Phi) is 7.67. The number of guanidine groups is 1. The first-order valence-corrected chi connectivity index (χ1v) is 8.87. The van der Waals surface area contributed by atoms with Crippen LogP contribution in [0.25, 0.3) is 0 Å². The second-order valence-corrected chi connectivity index (χ2v) is 6.49. The summed E-state index contributed by atoms with van der Waals surface area (Å²) in [6, 6.07) is 9.56. The molecule has 140 valence electrons. The molecule has 7 nitrogen and oxygen atoms in total. The molecule has 26 heavy (non-hydrogen) atoms. The Morgan fingerprint density at radius 3 is 2.81 bits per heavy atom. The zero-order valence-corrected chi connectivity index (χ0v) is 15.7. The number of hydrogen-bond acceptors (Lipinski definition) is 3. The molecule has 0 aliphatic carbocycles. The van der Waals surface area contributed by atoms with Crippen molar-refractivity contribution in [1.29, 1.82) is 0 Å². The first kappa shape index (κ1) is 19.5. The van der Waals surface area contributed by atoms with Crippen LogP contribution in [-0.2, 0) is 17.9 Å². The quantitative estimate of drug-likeness (QED) is 0.500. The number of aromatic nitrogens is 2. The molecule has 0 unspecified atom stereocenters. The number of amides is 1. The van der Waals surface area contributed by atoms with E-state index in [-0.39, 0.29) is 12.5 Å². The number of benzene rings is 1. The summed E-state index contributed by atoms with van der Waals surface area (Å²) in [5.41, 5.74) is 1.83. The molecule has 1 amide bonds. The Labute approximate surface area is 154 Å². The van der Waals surface area contributed by atoms with E-state index in [4.69, 9.17) is 0 Å². The Morgan fingerprint density at radius 1 is 1.27 bits per heavy atom. The molecular formula is C19H28N6O. The third-order valence-corrected chi connectivity index (χ3v) is 3.77. The second-order valence-electron chi connectivity index (χ2n) is 6.49. The third-order valence-electron chi connectivity index (χ3n) is 3.77. The highest BCUT2D eigenvalue weighted by Crippen LogP contribution is 2.10. The first-order valence-electron chi connectivity index (χ1n) is 8.87. The Balaban J connectivity index is 1.83. The lowest BCUT2D eigenvalue weighted by molar-refractivity contribution is -0.116. The molecule has 0 saturated heterocycles. The molecule has 0 spiro atoms. The van der Waals surface area contributed by atoms with Crippen LogP contribution in [0.2, 0.25) is 0 Å².